The number of pyridine rings is 1. The minimum atomic E-state index is -0.877. The summed E-state index contributed by atoms with van der Waals surface area (Å²) in [5, 5.41) is 0. The zero-order valence-corrected chi connectivity index (χ0v) is 18.3. The second kappa shape index (κ2) is 7.33. The number of hydrogen-bond acceptors (Lipinski definition) is 5. The Kier molecular flexibility index (Phi) is 4.77. The lowest BCUT2D eigenvalue weighted by Gasteiger charge is -2.72. The molecule has 9 heteroatoms. The molecule has 2 amide bonds. The van der Waals surface area contributed by atoms with Crippen molar-refractivity contribution >= 4 is 23.6 Å². The Labute approximate surface area is 189 Å². The van der Waals surface area contributed by atoms with E-state index in [4.69, 9.17) is 4.74 Å². The predicted molar refractivity (Wildman–Crippen MR) is 113 cm³/mol. The molecule has 2 bridgehead atoms. The van der Waals surface area contributed by atoms with Crippen LogP contribution in [0.2, 0.25) is 0 Å². The first kappa shape index (κ1) is 21.5. The summed E-state index contributed by atoms with van der Waals surface area (Å²) in [4.78, 5) is 45.9. The third-order valence-corrected chi connectivity index (χ3v) is 7.18. The number of carbonyl (C=O) groups excluding carboxylic acids is 3. The second-order valence-corrected chi connectivity index (χ2v) is 9.46. The number of anilines is 1. The summed E-state index contributed by atoms with van der Waals surface area (Å²) in [6.45, 7) is 1.45. The number of hydrogen-bond donors (Lipinski definition) is 0. The van der Waals surface area contributed by atoms with Crippen molar-refractivity contribution in [3.63, 3.8) is 0 Å². The van der Waals surface area contributed by atoms with Crippen molar-refractivity contribution in [1.29, 1.82) is 0 Å². The fourth-order valence-electron chi connectivity index (χ4n) is 5.78. The summed E-state index contributed by atoms with van der Waals surface area (Å²) < 4.78 is 33.0. The van der Waals surface area contributed by atoms with Gasteiger partial charge in [-0.2, -0.15) is 0 Å². The number of halogens is 2. The average molecular weight is 455 g/mol. The SMILES string of the molecule is COC(=O)C12CC(C3C(=O)N(c4ncc(C)cc4F)CC(=O)N3Cc3ccc(F)cc3)(C1)C2. The van der Waals surface area contributed by atoms with Gasteiger partial charge in [0.2, 0.25) is 5.91 Å². The lowest BCUT2D eigenvalue weighted by molar-refractivity contribution is -0.245. The molecular weight excluding hydrogens is 432 g/mol. The van der Waals surface area contributed by atoms with Gasteiger partial charge in [0.15, 0.2) is 11.6 Å². The number of amides is 2. The number of carbonyl (C=O) groups is 3. The van der Waals surface area contributed by atoms with E-state index in [1.165, 1.54) is 36.4 Å². The largest absolute Gasteiger partial charge is 0.469 e. The van der Waals surface area contributed by atoms with Crippen molar-refractivity contribution in [3.05, 3.63) is 59.3 Å². The van der Waals surface area contributed by atoms with E-state index < -0.39 is 34.4 Å². The van der Waals surface area contributed by atoms with Gasteiger partial charge >= 0.3 is 5.97 Å². The van der Waals surface area contributed by atoms with Gasteiger partial charge in [0.25, 0.3) is 5.91 Å². The van der Waals surface area contributed by atoms with Crippen LogP contribution < -0.4 is 4.90 Å². The first-order chi connectivity index (χ1) is 15.7. The van der Waals surface area contributed by atoms with E-state index in [9.17, 15) is 23.2 Å². The first-order valence-corrected chi connectivity index (χ1v) is 10.7. The molecule has 6 rings (SSSR count). The Morgan fingerprint density at radius 2 is 1.85 bits per heavy atom. The van der Waals surface area contributed by atoms with Gasteiger partial charge in [-0.25, -0.2) is 13.8 Å². The molecule has 1 saturated heterocycles. The van der Waals surface area contributed by atoms with Gasteiger partial charge in [0, 0.05) is 18.2 Å². The molecule has 1 aromatic heterocycles. The monoisotopic (exact) mass is 455 g/mol. The molecule has 1 aromatic carbocycles. The number of rotatable bonds is 5. The summed E-state index contributed by atoms with van der Waals surface area (Å²) in [5.41, 5.74) is 0.0710. The van der Waals surface area contributed by atoms with Gasteiger partial charge in [-0.3, -0.25) is 19.3 Å². The number of aryl methyl sites for hydroxylation is 1. The van der Waals surface area contributed by atoms with Crippen LogP contribution in [0.4, 0.5) is 14.6 Å². The number of benzene rings is 1. The van der Waals surface area contributed by atoms with Crippen LogP contribution in [-0.4, -0.2) is 47.4 Å². The summed E-state index contributed by atoms with van der Waals surface area (Å²) >= 11 is 0. The topological polar surface area (TPSA) is 79.8 Å². The van der Waals surface area contributed by atoms with Crippen molar-refractivity contribution in [2.45, 2.75) is 38.8 Å². The fourth-order valence-corrected chi connectivity index (χ4v) is 5.78. The molecule has 0 radical (unpaired) electrons. The highest BCUT2D eigenvalue weighted by Crippen LogP contribution is 2.76. The highest BCUT2D eigenvalue weighted by Gasteiger charge is 2.77. The normalized spacial score (nSPS) is 28.3. The van der Waals surface area contributed by atoms with Crippen molar-refractivity contribution < 1.29 is 27.9 Å². The third kappa shape index (κ3) is 3.20. The molecule has 1 unspecified atom stereocenters. The molecule has 33 heavy (non-hydrogen) atoms. The van der Waals surface area contributed by atoms with Crippen LogP contribution in [-0.2, 0) is 25.7 Å². The van der Waals surface area contributed by atoms with Crippen LogP contribution in [0.25, 0.3) is 0 Å². The van der Waals surface area contributed by atoms with E-state index in [1.54, 1.807) is 19.1 Å². The van der Waals surface area contributed by atoms with Crippen LogP contribution >= 0.6 is 0 Å². The third-order valence-electron chi connectivity index (χ3n) is 7.18. The Balaban J connectivity index is 1.49. The molecule has 7 nitrogen and oxygen atoms in total. The van der Waals surface area contributed by atoms with Gasteiger partial charge in [-0.05, 0) is 55.5 Å². The van der Waals surface area contributed by atoms with E-state index in [0.29, 0.717) is 30.4 Å². The van der Waals surface area contributed by atoms with E-state index in [-0.39, 0.29) is 30.8 Å². The lowest BCUT2D eigenvalue weighted by atomic mass is 9.32. The quantitative estimate of drug-likeness (QED) is 0.648. The average Bonchev–Trinajstić information content (AvgIpc) is 2.72. The standard InChI is InChI=1S/C24H23F2N3O4/c1-14-7-17(26)20(27-8-14)29-10-18(30)28(9-15-3-5-16(25)6-4-15)19(21(29)31)23-11-24(12-23,13-23)22(32)33-2/h3-8,19H,9-13H2,1-2H3. The zero-order chi connectivity index (χ0) is 23.5. The van der Waals surface area contributed by atoms with Gasteiger partial charge in [-0.15, -0.1) is 0 Å². The molecule has 0 N–H and O–H groups in total. The maximum atomic E-state index is 14.7. The molecule has 3 aliphatic carbocycles. The lowest BCUT2D eigenvalue weighted by Crippen LogP contribution is -2.77. The van der Waals surface area contributed by atoms with Crippen LogP contribution in [0.1, 0.15) is 30.4 Å². The molecular formula is C24H23F2N3O4. The maximum Gasteiger partial charge on any atom is 0.311 e. The van der Waals surface area contributed by atoms with Gasteiger partial charge in [0.05, 0.1) is 12.5 Å². The van der Waals surface area contributed by atoms with Crippen LogP contribution in [0.3, 0.4) is 0 Å². The molecule has 4 fully saturated rings. The van der Waals surface area contributed by atoms with Crippen molar-refractivity contribution in [3.8, 4) is 0 Å². The number of piperazine rings is 1. The number of ether oxygens (including phenoxy) is 1. The Bertz CT molecular complexity index is 1150. The molecule has 2 aromatic rings. The van der Waals surface area contributed by atoms with Crippen LogP contribution in [0, 0.1) is 29.4 Å². The first-order valence-electron chi connectivity index (χ1n) is 10.7. The van der Waals surface area contributed by atoms with Gasteiger partial charge < -0.3 is 9.64 Å². The molecule has 1 atom stereocenters. The highest BCUT2D eigenvalue weighted by molar-refractivity contribution is 6.07. The van der Waals surface area contributed by atoms with Crippen molar-refractivity contribution in [1.82, 2.24) is 9.88 Å². The fraction of sp³-hybridized carbons (Fsp3) is 0.417. The smallest absolute Gasteiger partial charge is 0.311 e. The van der Waals surface area contributed by atoms with E-state index in [1.807, 2.05) is 0 Å². The summed E-state index contributed by atoms with van der Waals surface area (Å²) in [6.07, 6.45) is 2.72. The minimum absolute atomic E-state index is 0.111. The van der Waals surface area contributed by atoms with Gasteiger partial charge in [0.1, 0.15) is 18.4 Å². The maximum absolute atomic E-state index is 14.7. The molecule has 172 valence electrons. The van der Waals surface area contributed by atoms with Crippen molar-refractivity contribution in [2.24, 2.45) is 10.8 Å². The van der Waals surface area contributed by atoms with E-state index in [0.717, 1.165) is 4.90 Å². The highest BCUT2D eigenvalue weighted by atomic mass is 19.1. The number of esters is 1. The second-order valence-electron chi connectivity index (χ2n) is 9.46. The van der Waals surface area contributed by atoms with Crippen LogP contribution in [0.5, 0.6) is 0 Å². The predicted octanol–water partition coefficient (Wildman–Crippen LogP) is 2.76. The number of methoxy groups -OCH3 is 1. The Morgan fingerprint density at radius 1 is 1.18 bits per heavy atom. The molecule has 2 heterocycles. The molecule has 4 aliphatic rings. The summed E-state index contributed by atoms with van der Waals surface area (Å²) in [7, 11) is 1.33. The summed E-state index contributed by atoms with van der Waals surface area (Å²) in [5.74, 6) is -2.35. The minimum Gasteiger partial charge on any atom is -0.469 e. The molecule has 0 spiro atoms. The zero-order valence-electron chi connectivity index (χ0n) is 18.3. The number of aromatic nitrogens is 1. The summed E-state index contributed by atoms with van der Waals surface area (Å²) in [6, 6.07) is 6.12. The van der Waals surface area contributed by atoms with E-state index >= 15 is 0 Å². The van der Waals surface area contributed by atoms with Crippen LogP contribution in [0.15, 0.2) is 36.5 Å². The Morgan fingerprint density at radius 3 is 2.45 bits per heavy atom. The molecule has 3 saturated carbocycles. The van der Waals surface area contributed by atoms with Crippen molar-refractivity contribution in [2.75, 3.05) is 18.6 Å². The van der Waals surface area contributed by atoms with E-state index in [2.05, 4.69) is 4.98 Å². The Hall–Kier alpha value is -3.36. The van der Waals surface area contributed by atoms with Gasteiger partial charge in [-0.1, -0.05) is 12.1 Å². The number of nitrogens with zero attached hydrogens (tertiary/aromatic N) is 3. The molecule has 1 aliphatic heterocycles.